The molecule has 0 unspecified atom stereocenters. The number of thiazole rings is 1. The monoisotopic (exact) mass is 284 g/mol. The van der Waals surface area contributed by atoms with Crippen LogP contribution in [0.5, 0.6) is 0 Å². The molecule has 2 heterocycles. The van der Waals surface area contributed by atoms with Crippen LogP contribution in [0.1, 0.15) is 11.3 Å². The van der Waals surface area contributed by atoms with Gasteiger partial charge in [0.1, 0.15) is 16.9 Å². The smallest absolute Gasteiger partial charge is 0.163 e. The van der Waals surface area contributed by atoms with E-state index >= 15 is 0 Å². The fraction of sp³-hybridized carbons (Fsp3) is 0.0714. The predicted molar refractivity (Wildman–Crippen MR) is 73.6 cm³/mol. The quantitative estimate of drug-likeness (QED) is 0.742. The molecule has 3 rings (SSSR count). The van der Waals surface area contributed by atoms with Gasteiger partial charge in [0, 0.05) is 23.2 Å². The van der Waals surface area contributed by atoms with Crippen molar-refractivity contribution in [3.63, 3.8) is 0 Å². The minimum absolute atomic E-state index is 0.267. The van der Waals surface area contributed by atoms with Crippen LogP contribution >= 0.6 is 11.3 Å². The summed E-state index contributed by atoms with van der Waals surface area (Å²) in [6, 6.07) is 10.2. The first-order chi connectivity index (χ1) is 9.78. The van der Waals surface area contributed by atoms with Crippen molar-refractivity contribution in [2.24, 2.45) is 0 Å². The van der Waals surface area contributed by atoms with Crippen molar-refractivity contribution in [2.45, 2.75) is 6.54 Å². The van der Waals surface area contributed by atoms with Crippen LogP contribution < -0.4 is 0 Å². The van der Waals surface area contributed by atoms with Crippen LogP contribution in [-0.2, 0) is 6.54 Å². The van der Waals surface area contributed by atoms with Crippen LogP contribution in [0.15, 0.2) is 41.9 Å². The second-order valence-corrected chi connectivity index (χ2v) is 5.01. The molecule has 0 bridgehead atoms. The van der Waals surface area contributed by atoms with Crippen molar-refractivity contribution >= 4 is 11.3 Å². The van der Waals surface area contributed by atoms with Gasteiger partial charge in [0.05, 0.1) is 12.2 Å². The summed E-state index contributed by atoms with van der Waals surface area (Å²) >= 11 is 1.45. The molecule has 20 heavy (non-hydrogen) atoms. The van der Waals surface area contributed by atoms with E-state index in [-0.39, 0.29) is 12.4 Å². The van der Waals surface area contributed by atoms with E-state index in [9.17, 15) is 4.39 Å². The van der Waals surface area contributed by atoms with Crippen LogP contribution in [0.2, 0.25) is 0 Å². The van der Waals surface area contributed by atoms with Gasteiger partial charge in [-0.3, -0.25) is 4.68 Å². The van der Waals surface area contributed by atoms with Crippen LogP contribution in [0.3, 0.4) is 0 Å². The molecule has 0 saturated heterocycles. The second-order valence-electron chi connectivity index (χ2n) is 4.11. The summed E-state index contributed by atoms with van der Waals surface area (Å²) < 4.78 is 15.3. The first kappa shape index (κ1) is 12.5. The van der Waals surface area contributed by atoms with E-state index in [1.807, 2.05) is 11.4 Å². The summed E-state index contributed by atoms with van der Waals surface area (Å²) in [5.74, 6) is -0.286. The third-order valence-electron chi connectivity index (χ3n) is 2.82. The van der Waals surface area contributed by atoms with Gasteiger partial charge >= 0.3 is 0 Å². The Labute approximate surface area is 118 Å². The van der Waals surface area contributed by atoms with Gasteiger partial charge in [-0.15, -0.1) is 11.3 Å². The maximum atomic E-state index is 13.7. The number of benzene rings is 1. The van der Waals surface area contributed by atoms with Gasteiger partial charge in [-0.05, 0) is 6.07 Å². The van der Waals surface area contributed by atoms with Gasteiger partial charge in [-0.2, -0.15) is 10.4 Å². The molecule has 1 aromatic carbocycles. The number of hydrogen-bond acceptors (Lipinski definition) is 4. The molecule has 3 aromatic rings. The zero-order valence-electron chi connectivity index (χ0n) is 10.3. The molecule has 4 nitrogen and oxygen atoms in total. The summed E-state index contributed by atoms with van der Waals surface area (Å²) in [4.78, 5) is 4.21. The van der Waals surface area contributed by atoms with Crippen LogP contribution in [0, 0.1) is 17.1 Å². The molecule has 0 radical (unpaired) electrons. The largest absolute Gasteiger partial charge is 0.257 e. The van der Waals surface area contributed by atoms with E-state index in [0.717, 1.165) is 10.7 Å². The van der Waals surface area contributed by atoms with Gasteiger partial charge in [-0.25, -0.2) is 9.37 Å². The normalized spacial score (nSPS) is 10.4. The Morgan fingerprint density at radius 1 is 1.35 bits per heavy atom. The lowest BCUT2D eigenvalue weighted by atomic mass is 10.2. The SMILES string of the molecule is N#Cc1cc(-c2nccs2)n(Cc2ccccc2F)n1. The molecule has 0 fully saturated rings. The third-order valence-corrected chi connectivity index (χ3v) is 3.62. The van der Waals surface area contributed by atoms with E-state index in [1.54, 1.807) is 35.1 Å². The maximum absolute atomic E-state index is 13.7. The molecule has 0 amide bonds. The molecule has 0 N–H and O–H groups in total. The first-order valence-corrected chi connectivity index (χ1v) is 6.77. The highest BCUT2D eigenvalue weighted by Crippen LogP contribution is 2.23. The lowest BCUT2D eigenvalue weighted by Gasteiger charge is -2.06. The minimum Gasteiger partial charge on any atom is -0.257 e. The number of nitriles is 1. The fourth-order valence-corrected chi connectivity index (χ4v) is 2.56. The van der Waals surface area contributed by atoms with Gasteiger partial charge in [0.25, 0.3) is 0 Å². The Morgan fingerprint density at radius 3 is 2.90 bits per heavy atom. The fourth-order valence-electron chi connectivity index (χ4n) is 1.90. The van der Waals surface area contributed by atoms with E-state index in [1.165, 1.54) is 17.4 Å². The van der Waals surface area contributed by atoms with Crippen molar-refractivity contribution in [1.82, 2.24) is 14.8 Å². The molecule has 0 saturated carbocycles. The van der Waals surface area contributed by atoms with Crippen molar-refractivity contribution in [2.75, 3.05) is 0 Å². The van der Waals surface area contributed by atoms with E-state index < -0.39 is 0 Å². The van der Waals surface area contributed by atoms with E-state index in [0.29, 0.717) is 11.3 Å². The number of halogens is 1. The Morgan fingerprint density at radius 2 is 2.20 bits per heavy atom. The third kappa shape index (κ3) is 2.31. The molecular weight excluding hydrogens is 275 g/mol. The molecular formula is C14H9FN4S. The molecule has 0 atom stereocenters. The molecule has 0 aliphatic heterocycles. The molecule has 6 heteroatoms. The zero-order valence-corrected chi connectivity index (χ0v) is 11.1. The number of nitrogens with zero attached hydrogens (tertiary/aromatic N) is 4. The summed E-state index contributed by atoms with van der Waals surface area (Å²) in [5.41, 5.74) is 1.55. The summed E-state index contributed by atoms with van der Waals surface area (Å²) in [6.07, 6.45) is 1.69. The summed E-state index contributed by atoms with van der Waals surface area (Å²) in [7, 11) is 0. The Balaban J connectivity index is 2.04. The molecule has 0 aliphatic rings. The van der Waals surface area contributed by atoms with Crippen LogP contribution in [0.4, 0.5) is 4.39 Å². The maximum Gasteiger partial charge on any atom is 0.163 e. The van der Waals surface area contributed by atoms with E-state index in [4.69, 9.17) is 5.26 Å². The Bertz CT molecular complexity index is 771. The second kappa shape index (κ2) is 5.23. The highest BCUT2D eigenvalue weighted by atomic mass is 32.1. The number of hydrogen-bond donors (Lipinski definition) is 0. The first-order valence-electron chi connectivity index (χ1n) is 5.89. The highest BCUT2D eigenvalue weighted by molar-refractivity contribution is 7.13. The lowest BCUT2D eigenvalue weighted by molar-refractivity contribution is 0.586. The highest BCUT2D eigenvalue weighted by Gasteiger charge is 2.13. The molecule has 0 spiro atoms. The van der Waals surface area contributed by atoms with Crippen molar-refractivity contribution in [3.05, 3.63) is 59.0 Å². The lowest BCUT2D eigenvalue weighted by Crippen LogP contribution is -2.05. The van der Waals surface area contributed by atoms with Gasteiger partial charge in [-0.1, -0.05) is 18.2 Å². The average Bonchev–Trinajstić information content (AvgIpc) is 3.10. The minimum atomic E-state index is -0.286. The van der Waals surface area contributed by atoms with Crippen molar-refractivity contribution in [3.8, 4) is 16.8 Å². The van der Waals surface area contributed by atoms with Crippen LogP contribution in [-0.4, -0.2) is 14.8 Å². The van der Waals surface area contributed by atoms with E-state index in [2.05, 4.69) is 10.1 Å². The zero-order chi connectivity index (χ0) is 13.9. The Kier molecular flexibility index (Phi) is 3.27. The predicted octanol–water partition coefficient (Wildman–Crippen LogP) is 3.07. The average molecular weight is 284 g/mol. The summed E-state index contributed by atoms with van der Waals surface area (Å²) in [5, 5.41) is 15.8. The Hall–Kier alpha value is -2.52. The van der Waals surface area contributed by atoms with Crippen molar-refractivity contribution < 1.29 is 4.39 Å². The summed E-state index contributed by atoms with van der Waals surface area (Å²) in [6.45, 7) is 0.267. The molecule has 2 aromatic heterocycles. The van der Waals surface area contributed by atoms with Crippen molar-refractivity contribution in [1.29, 1.82) is 5.26 Å². The standard InChI is InChI=1S/C14H9FN4S/c15-12-4-2-1-3-10(12)9-19-13(7-11(8-16)18-19)14-17-5-6-20-14/h1-7H,9H2. The number of aromatic nitrogens is 3. The van der Waals surface area contributed by atoms with Gasteiger partial charge in [0.15, 0.2) is 5.69 Å². The molecule has 98 valence electrons. The number of rotatable bonds is 3. The van der Waals surface area contributed by atoms with Gasteiger partial charge in [0.2, 0.25) is 0 Å². The molecule has 0 aliphatic carbocycles. The van der Waals surface area contributed by atoms with Gasteiger partial charge < -0.3 is 0 Å². The topological polar surface area (TPSA) is 54.5 Å². The van der Waals surface area contributed by atoms with Crippen LogP contribution in [0.25, 0.3) is 10.7 Å².